The standard InChI is InChI=1S/C26H18F3NO5/c1-35-25(34)17-9-7-16(8-10-17)22(31)20-21(15-5-3-2-4-6-15)30(24(33)23(20)32)19-13-11-18(12-14-19)26(27,28)29/h2-14,32-33H,1H3. The van der Waals surface area contributed by atoms with Crippen LogP contribution in [0.25, 0.3) is 16.9 Å². The number of methoxy groups -OCH3 is 1. The van der Waals surface area contributed by atoms with Gasteiger partial charge >= 0.3 is 12.1 Å². The molecule has 0 atom stereocenters. The van der Waals surface area contributed by atoms with Crippen LogP contribution in [0, 0.1) is 0 Å². The second-order valence-electron chi connectivity index (χ2n) is 7.54. The van der Waals surface area contributed by atoms with Crippen LogP contribution in [0.1, 0.15) is 31.8 Å². The Morgan fingerprint density at radius 2 is 1.40 bits per heavy atom. The number of nitrogens with zero attached hydrogens (tertiary/aromatic N) is 1. The number of carbonyl (C=O) groups is 2. The number of esters is 1. The molecule has 2 N–H and O–H groups in total. The van der Waals surface area contributed by atoms with E-state index in [1.165, 1.54) is 31.4 Å². The third-order valence-electron chi connectivity index (χ3n) is 5.42. The summed E-state index contributed by atoms with van der Waals surface area (Å²) in [5.41, 5.74) is -0.208. The third kappa shape index (κ3) is 4.35. The fraction of sp³-hybridized carbons (Fsp3) is 0.0769. The zero-order valence-electron chi connectivity index (χ0n) is 18.2. The van der Waals surface area contributed by atoms with Gasteiger partial charge in [-0.25, -0.2) is 4.79 Å². The minimum atomic E-state index is -4.56. The van der Waals surface area contributed by atoms with Crippen molar-refractivity contribution in [1.29, 1.82) is 0 Å². The lowest BCUT2D eigenvalue weighted by atomic mass is 9.98. The molecule has 178 valence electrons. The Hall–Kier alpha value is -4.53. The predicted octanol–water partition coefficient (Wildman–Crippen LogP) is 5.59. The molecule has 0 aliphatic rings. The highest BCUT2D eigenvalue weighted by Crippen LogP contribution is 2.44. The van der Waals surface area contributed by atoms with Gasteiger partial charge in [0, 0.05) is 11.3 Å². The Morgan fingerprint density at radius 1 is 0.829 bits per heavy atom. The molecule has 6 nitrogen and oxygen atoms in total. The molecule has 0 radical (unpaired) electrons. The smallest absolute Gasteiger partial charge is 0.416 e. The number of hydrogen-bond donors (Lipinski definition) is 2. The Morgan fingerprint density at radius 3 is 1.94 bits per heavy atom. The van der Waals surface area contributed by atoms with Crippen LogP contribution in [0.5, 0.6) is 11.6 Å². The summed E-state index contributed by atoms with van der Waals surface area (Å²) < 4.78 is 44.9. The molecule has 0 amide bonds. The average molecular weight is 481 g/mol. The van der Waals surface area contributed by atoms with Gasteiger partial charge in [-0.3, -0.25) is 9.36 Å². The van der Waals surface area contributed by atoms with Crippen LogP contribution in [0.4, 0.5) is 13.2 Å². The normalized spacial score (nSPS) is 11.3. The van der Waals surface area contributed by atoms with Crippen molar-refractivity contribution in [2.45, 2.75) is 6.18 Å². The lowest BCUT2D eigenvalue weighted by Gasteiger charge is -2.13. The van der Waals surface area contributed by atoms with E-state index in [1.807, 2.05) is 0 Å². The largest absolute Gasteiger partial charge is 0.503 e. The van der Waals surface area contributed by atoms with Crippen molar-refractivity contribution in [3.8, 4) is 28.6 Å². The molecule has 9 heteroatoms. The number of halogens is 3. The number of alkyl halides is 3. The highest BCUT2D eigenvalue weighted by Gasteiger charge is 2.32. The van der Waals surface area contributed by atoms with Crippen molar-refractivity contribution in [1.82, 2.24) is 4.57 Å². The second kappa shape index (κ2) is 9.02. The molecular weight excluding hydrogens is 463 g/mol. The molecule has 4 rings (SSSR count). The molecule has 0 bridgehead atoms. The zero-order valence-corrected chi connectivity index (χ0v) is 18.2. The number of ether oxygens (including phenoxy) is 1. The highest BCUT2D eigenvalue weighted by molar-refractivity contribution is 6.15. The Labute approximate surface area is 197 Å². The van der Waals surface area contributed by atoms with Crippen LogP contribution in [0.15, 0.2) is 78.9 Å². The number of rotatable bonds is 5. The first-order valence-corrected chi connectivity index (χ1v) is 10.3. The fourth-order valence-corrected chi connectivity index (χ4v) is 3.70. The van der Waals surface area contributed by atoms with Crippen molar-refractivity contribution in [2.24, 2.45) is 0 Å². The third-order valence-corrected chi connectivity index (χ3v) is 5.42. The van der Waals surface area contributed by atoms with E-state index in [9.17, 15) is 33.0 Å². The molecule has 0 unspecified atom stereocenters. The fourth-order valence-electron chi connectivity index (χ4n) is 3.70. The van der Waals surface area contributed by atoms with Gasteiger partial charge in [-0.05, 0) is 42.0 Å². The van der Waals surface area contributed by atoms with Crippen molar-refractivity contribution in [3.63, 3.8) is 0 Å². The summed E-state index contributed by atoms with van der Waals surface area (Å²) in [6.07, 6.45) is -4.56. The Bertz CT molecular complexity index is 1390. The minimum absolute atomic E-state index is 0.0856. The number of aromatic nitrogens is 1. The molecule has 0 aliphatic heterocycles. The number of benzene rings is 3. The summed E-state index contributed by atoms with van der Waals surface area (Å²) in [7, 11) is 1.22. The summed E-state index contributed by atoms with van der Waals surface area (Å²) in [5.74, 6) is -2.70. The van der Waals surface area contributed by atoms with Crippen LogP contribution in [-0.4, -0.2) is 33.6 Å². The van der Waals surface area contributed by atoms with Crippen molar-refractivity contribution in [2.75, 3.05) is 7.11 Å². The summed E-state index contributed by atoms with van der Waals surface area (Å²) in [6.45, 7) is 0. The Kier molecular flexibility index (Phi) is 6.09. The lowest BCUT2D eigenvalue weighted by Crippen LogP contribution is -2.07. The van der Waals surface area contributed by atoms with Crippen LogP contribution in [0.3, 0.4) is 0 Å². The van der Waals surface area contributed by atoms with Crippen molar-refractivity contribution < 1.29 is 37.7 Å². The zero-order chi connectivity index (χ0) is 25.3. The molecule has 0 aliphatic carbocycles. The van der Waals surface area contributed by atoms with E-state index in [-0.39, 0.29) is 28.1 Å². The van der Waals surface area contributed by atoms with Gasteiger partial charge in [0.25, 0.3) is 0 Å². The van der Waals surface area contributed by atoms with E-state index in [1.54, 1.807) is 30.3 Å². The molecule has 0 spiro atoms. The van der Waals surface area contributed by atoms with Crippen LogP contribution >= 0.6 is 0 Å². The van der Waals surface area contributed by atoms with Crippen LogP contribution in [-0.2, 0) is 10.9 Å². The van der Waals surface area contributed by atoms with E-state index < -0.39 is 35.1 Å². The Balaban J connectivity index is 1.90. The lowest BCUT2D eigenvalue weighted by molar-refractivity contribution is -0.137. The maximum atomic E-state index is 13.4. The summed E-state index contributed by atoms with van der Waals surface area (Å²) in [6, 6.07) is 17.8. The van der Waals surface area contributed by atoms with Crippen molar-refractivity contribution >= 4 is 11.8 Å². The summed E-state index contributed by atoms with van der Waals surface area (Å²) in [4.78, 5) is 25.1. The van der Waals surface area contributed by atoms with Gasteiger partial charge in [0.15, 0.2) is 11.5 Å². The second-order valence-corrected chi connectivity index (χ2v) is 7.54. The molecule has 0 saturated heterocycles. The predicted molar refractivity (Wildman–Crippen MR) is 121 cm³/mol. The minimum Gasteiger partial charge on any atom is -0.503 e. The quantitative estimate of drug-likeness (QED) is 0.287. The van der Waals surface area contributed by atoms with Gasteiger partial charge in [-0.2, -0.15) is 13.2 Å². The highest BCUT2D eigenvalue weighted by atomic mass is 19.4. The van der Waals surface area contributed by atoms with Crippen LogP contribution < -0.4 is 0 Å². The maximum Gasteiger partial charge on any atom is 0.416 e. The molecule has 1 aromatic heterocycles. The monoisotopic (exact) mass is 481 g/mol. The number of aromatic hydroxyl groups is 2. The first-order chi connectivity index (χ1) is 16.6. The first kappa shape index (κ1) is 23.6. The van der Waals surface area contributed by atoms with Gasteiger partial charge in [0.2, 0.25) is 5.88 Å². The molecule has 4 aromatic rings. The van der Waals surface area contributed by atoms with Gasteiger partial charge < -0.3 is 14.9 Å². The molecule has 0 saturated carbocycles. The molecule has 1 heterocycles. The number of ketones is 1. The number of carbonyl (C=O) groups excluding carboxylic acids is 2. The van der Waals surface area contributed by atoms with Gasteiger partial charge in [-0.1, -0.05) is 42.5 Å². The first-order valence-electron chi connectivity index (χ1n) is 10.3. The molecule has 0 fully saturated rings. The summed E-state index contributed by atoms with van der Waals surface area (Å²) in [5, 5.41) is 21.5. The van der Waals surface area contributed by atoms with E-state index in [2.05, 4.69) is 4.74 Å². The summed E-state index contributed by atoms with van der Waals surface area (Å²) >= 11 is 0. The maximum absolute atomic E-state index is 13.4. The van der Waals surface area contributed by atoms with Crippen molar-refractivity contribution in [3.05, 3.63) is 101 Å². The van der Waals surface area contributed by atoms with Gasteiger partial charge in [0.05, 0.1) is 29.5 Å². The topological polar surface area (TPSA) is 88.8 Å². The molecular formula is C26H18F3NO5. The van der Waals surface area contributed by atoms with E-state index >= 15 is 0 Å². The average Bonchev–Trinajstić information content (AvgIpc) is 3.13. The molecule has 3 aromatic carbocycles. The molecule has 35 heavy (non-hydrogen) atoms. The van der Waals surface area contributed by atoms with Crippen LogP contribution in [0.2, 0.25) is 0 Å². The number of hydrogen-bond acceptors (Lipinski definition) is 5. The van der Waals surface area contributed by atoms with Gasteiger partial charge in [0.1, 0.15) is 0 Å². The van der Waals surface area contributed by atoms with E-state index in [4.69, 9.17) is 0 Å². The van der Waals surface area contributed by atoms with E-state index in [0.717, 1.165) is 28.8 Å². The van der Waals surface area contributed by atoms with E-state index in [0.29, 0.717) is 5.56 Å². The van der Waals surface area contributed by atoms with Gasteiger partial charge in [-0.15, -0.1) is 0 Å². The SMILES string of the molecule is COC(=O)c1ccc(C(=O)c2c(O)c(O)n(-c3ccc(C(F)(F)F)cc3)c2-c2ccccc2)cc1.